The van der Waals surface area contributed by atoms with Crippen molar-refractivity contribution in [2.45, 2.75) is 25.1 Å². The molecule has 0 radical (unpaired) electrons. The second kappa shape index (κ2) is 4.52. The minimum atomic E-state index is -1.05. The highest BCUT2D eigenvalue weighted by atomic mass is 19.1. The third kappa shape index (κ3) is 2.60. The van der Waals surface area contributed by atoms with E-state index >= 15 is 0 Å². The SMILES string of the molecule is CN1CCC(F)(Cc2cccc(CN)c2)C1. The van der Waals surface area contributed by atoms with Gasteiger partial charge in [0.2, 0.25) is 0 Å². The van der Waals surface area contributed by atoms with Crippen molar-refractivity contribution in [3.63, 3.8) is 0 Å². The summed E-state index contributed by atoms with van der Waals surface area (Å²) in [6.45, 7) is 1.92. The van der Waals surface area contributed by atoms with E-state index in [1.54, 1.807) is 0 Å². The lowest BCUT2D eigenvalue weighted by atomic mass is 9.94. The van der Waals surface area contributed by atoms with Crippen molar-refractivity contribution >= 4 is 0 Å². The van der Waals surface area contributed by atoms with E-state index in [1.807, 2.05) is 36.2 Å². The molecule has 0 bridgehead atoms. The average molecular weight is 222 g/mol. The predicted octanol–water partition coefficient (Wildman–Crippen LogP) is 1.73. The minimum absolute atomic E-state index is 0.505. The van der Waals surface area contributed by atoms with Crippen LogP contribution in [-0.2, 0) is 13.0 Å². The van der Waals surface area contributed by atoms with Crippen molar-refractivity contribution in [2.75, 3.05) is 20.1 Å². The third-order valence-corrected chi connectivity index (χ3v) is 3.24. The molecule has 2 N–H and O–H groups in total. The summed E-state index contributed by atoms with van der Waals surface area (Å²) < 4.78 is 14.4. The molecule has 1 saturated heterocycles. The molecule has 2 rings (SSSR count). The second-order valence-electron chi connectivity index (χ2n) is 4.84. The highest BCUT2D eigenvalue weighted by Crippen LogP contribution is 2.28. The van der Waals surface area contributed by atoms with Crippen LogP contribution in [-0.4, -0.2) is 30.7 Å². The molecular weight excluding hydrogens is 203 g/mol. The maximum Gasteiger partial charge on any atom is 0.128 e. The van der Waals surface area contributed by atoms with Crippen LogP contribution in [0.1, 0.15) is 17.5 Å². The molecule has 1 fully saturated rings. The molecular formula is C13H19FN2. The Morgan fingerprint density at radius 2 is 2.19 bits per heavy atom. The smallest absolute Gasteiger partial charge is 0.128 e. The van der Waals surface area contributed by atoms with Gasteiger partial charge in [-0.25, -0.2) is 4.39 Å². The number of nitrogens with two attached hydrogens (primary N) is 1. The molecule has 1 aromatic rings. The molecule has 0 amide bonds. The molecule has 0 saturated carbocycles. The Hall–Kier alpha value is -0.930. The summed E-state index contributed by atoms with van der Waals surface area (Å²) in [5, 5.41) is 0. The van der Waals surface area contributed by atoms with E-state index in [9.17, 15) is 4.39 Å². The summed E-state index contributed by atoms with van der Waals surface area (Å²) in [6.07, 6.45) is 1.14. The van der Waals surface area contributed by atoms with E-state index in [2.05, 4.69) is 0 Å². The standard InChI is InChI=1S/C13H19FN2/c1-16-6-5-13(14,10-16)8-11-3-2-4-12(7-11)9-15/h2-4,7H,5-6,8-10,15H2,1H3. The summed E-state index contributed by atoms with van der Waals surface area (Å²) >= 11 is 0. The fraction of sp³-hybridized carbons (Fsp3) is 0.538. The monoisotopic (exact) mass is 222 g/mol. The summed E-state index contributed by atoms with van der Waals surface area (Å²) in [5.74, 6) is 0. The van der Waals surface area contributed by atoms with Crippen LogP contribution in [0.25, 0.3) is 0 Å². The lowest BCUT2D eigenvalue weighted by Crippen LogP contribution is -2.29. The van der Waals surface area contributed by atoms with Gasteiger partial charge < -0.3 is 10.6 Å². The first-order valence-corrected chi connectivity index (χ1v) is 5.77. The Balaban J connectivity index is 2.08. The number of halogens is 1. The van der Waals surface area contributed by atoms with Gasteiger partial charge in [-0.15, -0.1) is 0 Å². The van der Waals surface area contributed by atoms with E-state index in [1.165, 1.54) is 0 Å². The maximum absolute atomic E-state index is 14.4. The molecule has 1 aliphatic heterocycles. The molecule has 88 valence electrons. The van der Waals surface area contributed by atoms with Gasteiger partial charge in [0.1, 0.15) is 5.67 Å². The Kier molecular flexibility index (Phi) is 3.26. The second-order valence-corrected chi connectivity index (χ2v) is 4.84. The highest BCUT2D eigenvalue weighted by Gasteiger charge is 2.36. The predicted molar refractivity (Wildman–Crippen MR) is 64.0 cm³/mol. The van der Waals surface area contributed by atoms with Crippen LogP contribution in [0.2, 0.25) is 0 Å². The van der Waals surface area contributed by atoms with Gasteiger partial charge in [-0.1, -0.05) is 24.3 Å². The molecule has 1 atom stereocenters. The van der Waals surface area contributed by atoms with Crippen LogP contribution in [0.15, 0.2) is 24.3 Å². The number of alkyl halides is 1. The first-order chi connectivity index (χ1) is 7.61. The normalized spacial score (nSPS) is 26.2. The van der Waals surface area contributed by atoms with Gasteiger partial charge in [-0.05, 0) is 24.6 Å². The molecule has 1 aliphatic rings. The van der Waals surface area contributed by atoms with Crippen molar-refractivity contribution in [3.05, 3.63) is 35.4 Å². The molecule has 1 aromatic carbocycles. The van der Waals surface area contributed by atoms with E-state index in [4.69, 9.17) is 5.73 Å². The molecule has 1 heterocycles. The Morgan fingerprint density at radius 1 is 1.44 bits per heavy atom. The fourth-order valence-corrected chi connectivity index (χ4v) is 2.41. The van der Waals surface area contributed by atoms with Crippen LogP contribution in [0.5, 0.6) is 0 Å². The van der Waals surface area contributed by atoms with Gasteiger partial charge >= 0.3 is 0 Å². The van der Waals surface area contributed by atoms with Crippen LogP contribution in [0.4, 0.5) is 4.39 Å². The van der Waals surface area contributed by atoms with Crippen LogP contribution in [0, 0.1) is 0 Å². The lowest BCUT2D eigenvalue weighted by molar-refractivity contribution is 0.173. The molecule has 1 unspecified atom stereocenters. The molecule has 16 heavy (non-hydrogen) atoms. The number of hydrogen-bond acceptors (Lipinski definition) is 2. The van der Waals surface area contributed by atoms with Crippen molar-refractivity contribution in [1.82, 2.24) is 4.90 Å². The number of benzene rings is 1. The molecule has 3 heteroatoms. The number of hydrogen-bond donors (Lipinski definition) is 1. The van der Waals surface area contributed by atoms with Crippen molar-refractivity contribution in [2.24, 2.45) is 5.73 Å². The number of likely N-dealkylation sites (tertiary alicyclic amines) is 1. The summed E-state index contributed by atoms with van der Waals surface area (Å²) in [7, 11) is 1.97. The van der Waals surface area contributed by atoms with Gasteiger partial charge in [0.05, 0.1) is 0 Å². The molecule has 2 nitrogen and oxygen atoms in total. The number of rotatable bonds is 3. The van der Waals surface area contributed by atoms with Gasteiger partial charge in [0.15, 0.2) is 0 Å². The van der Waals surface area contributed by atoms with Crippen LogP contribution < -0.4 is 5.73 Å². The molecule has 0 aromatic heterocycles. The first-order valence-electron chi connectivity index (χ1n) is 5.77. The average Bonchev–Trinajstić information content (AvgIpc) is 2.58. The zero-order valence-electron chi connectivity index (χ0n) is 9.75. The zero-order valence-corrected chi connectivity index (χ0v) is 9.75. The fourth-order valence-electron chi connectivity index (χ4n) is 2.41. The van der Waals surface area contributed by atoms with Gasteiger partial charge in [-0.2, -0.15) is 0 Å². The minimum Gasteiger partial charge on any atom is -0.326 e. The Morgan fingerprint density at radius 3 is 2.81 bits per heavy atom. The highest BCUT2D eigenvalue weighted by molar-refractivity contribution is 5.25. The lowest BCUT2D eigenvalue weighted by Gasteiger charge is -2.19. The van der Waals surface area contributed by atoms with Crippen molar-refractivity contribution in [3.8, 4) is 0 Å². The Labute approximate surface area is 96.2 Å². The van der Waals surface area contributed by atoms with E-state index in [-0.39, 0.29) is 0 Å². The summed E-state index contributed by atoms with van der Waals surface area (Å²) in [4.78, 5) is 2.05. The summed E-state index contributed by atoms with van der Waals surface area (Å²) in [5.41, 5.74) is 6.66. The van der Waals surface area contributed by atoms with Gasteiger partial charge in [0, 0.05) is 26.1 Å². The topological polar surface area (TPSA) is 29.3 Å². The summed E-state index contributed by atoms with van der Waals surface area (Å²) in [6, 6.07) is 7.94. The van der Waals surface area contributed by atoms with E-state index < -0.39 is 5.67 Å². The third-order valence-electron chi connectivity index (χ3n) is 3.24. The van der Waals surface area contributed by atoms with Crippen LogP contribution >= 0.6 is 0 Å². The molecule has 0 spiro atoms. The van der Waals surface area contributed by atoms with Gasteiger partial charge in [-0.3, -0.25) is 0 Å². The van der Waals surface area contributed by atoms with Gasteiger partial charge in [0.25, 0.3) is 0 Å². The largest absolute Gasteiger partial charge is 0.326 e. The zero-order chi connectivity index (χ0) is 11.6. The van der Waals surface area contributed by atoms with Crippen molar-refractivity contribution < 1.29 is 4.39 Å². The quantitative estimate of drug-likeness (QED) is 0.844. The maximum atomic E-state index is 14.4. The van der Waals surface area contributed by atoms with E-state index in [0.717, 1.165) is 17.7 Å². The number of nitrogens with zero attached hydrogens (tertiary/aromatic N) is 1. The first kappa shape index (κ1) is 11.6. The van der Waals surface area contributed by atoms with Crippen LogP contribution in [0.3, 0.4) is 0 Å². The van der Waals surface area contributed by atoms with E-state index in [0.29, 0.717) is 25.9 Å². The van der Waals surface area contributed by atoms with Crippen molar-refractivity contribution in [1.29, 1.82) is 0 Å². The Bertz CT molecular complexity index is 367. The molecule has 0 aliphatic carbocycles.